The molecule has 0 saturated heterocycles. The van der Waals surface area contributed by atoms with Crippen molar-refractivity contribution in [1.82, 2.24) is 0 Å². The quantitative estimate of drug-likeness (QED) is 0.0271. The first-order chi connectivity index (χ1) is 26.8. The van der Waals surface area contributed by atoms with Crippen LogP contribution in [0.5, 0.6) is 0 Å². The number of allylic oxidation sites excluding steroid dienone is 14. The van der Waals surface area contributed by atoms with Crippen molar-refractivity contribution in [3.8, 4) is 0 Å². The summed E-state index contributed by atoms with van der Waals surface area (Å²) < 4.78 is 32.7. The van der Waals surface area contributed by atoms with Gasteiger partial charge in [-0.1, -0.05) is 137 Å². The lowest BCUT2D eigenvalue weighted by molar-refractivity contribution is -0.161. The Morgan fingerprint density at radius 2 is 0.964 bits per heavy atom. The summed E-state index contributed by atoms with van der Waals surface area (Å²) in [6, 6.07) is 0. The highest BCUT2D eigenvalue weighted by atomic mass is 31.2. The van der Waals surface area contributed by atoms with Crippen LogP contribution in [0.4, 0.5) is 0 Å². The van der Waals surface area contributed by atoms with E-state index in [4.69, 9.17) is 24.3 Å². The van der Waals surface area contributed by atoms with Gasteiger partial charge < -0.3 is 20.1 Å². The molecule has 55 heavy (non-hydrogen) atoms. The van der Waals surface area contributed by atoms with Crippen LogP contribution in [0, 0.1) is 0 Å². The molecule has 2 unspecified atom stereocenters. The summed E-state index contributed by atoms with van der Waals surface area (Å²) in [5.41, 5.74) is 5.34. The molecule has 314 valence electrons. The number of unbranched alkanes of at least 4 members (excludes halogenated alkanes) is 11. The van der Waals surface area contributed by atoms with Crippen LogP contribution in [0.25, 0.3) is 0 Å². The van der Waals surface area contributed by atoms with E-state index in [1.807, 2.05) is 6.08 Å². The fourth-order valence-corrected chi connectivity index (χ4v) is 5.87. The fourth-order valence-electron chi connectivity index (χ4n) is 5.10. The van der Waals surface area contributed by atoms with Crippen LogP contribution in [0.2, 0.25) is 0 Å². The van der Waals surface area contributed by atoms with Gasteiger partial charge in [-0.05, 0) is 89.9 Å². The van der Waals surface area contributed by atoms with E-state index in [2.05, 4.69) is 92.8 Å². The van der Waals surface area contributed by atoms with Crippen molar-refractivity contribution < 1.29 is 37.6 Å². The van der Waals surface area contributed by atoms with Gasteiger partial charge in [0.05, 0.1) is 13.2 Å². The predicted molar refractivity (Wildman–Crippen MR) is 229 cm³/mol. The molecule has 0 saturated carbocycles. The van der Waals surface area contributed by atoms with Crippen molar-refractivity contribution in [1.29, 1.82) is 0 Å². The maximum atomic E-state index is 12.5. The van der Waals surface area contributed by atoms with Crippen molar-refractivity contribution in [3.63, 3.8) is 0 Å². The van der Waals surface area contributed by atoms with Crippen molar-refractivity contribution >= 4 is 19.8 Å². The highest BCUT2D eigenvalue weighted by Gasteiger charge is 2.25. The van der Waals surface area contributed by atoms with Gasteiger partial charge in [-0.25, -0.2) is 4.57 Å². The van der Waals surface area contributed by atoms with Gasteiger partial charge in [0.2, 0.25) is 0 Å². The topological polar surface area (TPSA) is 134 Å². The number of phosphoric acid groups is 1. The summed E-state index contributed by atoms with van der Waals surface area (Å²) in [7, 11) is -4.40. The van der Waals surface area contributed by atoms with E-state index in [1.54, 1.807) is 0 Å². The Morgan fingerprint density at radius 1 is 0.545 bits per heavy atom. The van der Waals surface area contributed by atoms with Crippen molar-refractivity contribution in [3.05, 3.63) is 85.1 Å². The molecule has 10 heteroatoms. The second-order valence-corrected chi connectivity index (χ2v) is 14.9. The monoisotopic (exact) mass is 790 g/mol. The van der Waals surface area contributed by atoms with Crippen LogP contribution in [0.1, 0.15) is 155 Å². The second-order valence-electron chi connectivity index (χ2n) is 13.5. The number of hydrogen-bond acceptors (Lipinski definition) is 8. The fraction of sp³-hybridized carbons (Fsp3) is 0.644. The summed E-state index contributed by atoms with van der Waals surface area (Å²) in [6.45, 7) is 3.56. The molecule has 0 spiro atoms. The Labute approximate surface area is 334 Å². The summed E-state index contributed by atoms with van der Waals surface area (Å²) in [5, 5.41) is 0. The first-order valence-corrected chi connectivity index (χ1v) is 22.6. The highest BCUT2D eigenvalue weighted by Crippen LogP contribution is 2.43. The zero-order chi connectivity index (χ0) is 40.3. The zero-order valence-electron chi connectivity index (χ0n) is 34.4. The number of ether oxygens (including phenoxy) is 2. The summed E-state index contributed by atoms with van der Waals surface area (Å²) in [4.78, 5) is 34.8. The molecule has 0 aromatic carbocycles. The van der Waals surface area contributed by atoms with Gasteiger partial charge in [0.1, 0.15) is 6.61 Å². The molecule has 0 amide bonds. The van der Waals surface area contributed by atoms with E-state index < -0.39 is 32.5 Å². The summed E-state index contributed by atoms with van der Waals surface area (Å²) in [5.74, 6) is -0.929. The average Bonchev–Trinajstić information content (AvgIpc) is 3.17. The zero-order valence-corrected chi connectivity index (χ0v) is 35.3. The molecular formula is C45H76NO8P. The standard InChI is InChI=1S/C45H76NO8P/c1-3-5-7-9-11-13-15-17-19-21-23-25-27-29-31-33-35-37-44(47)51-41-43(42-53-55(49,50)52-40-39-46)54-45(48)38-36-34-32-30-28-26-24-22-20-18-16-14-12-10-8-6-4-2/h11-14,17-20,23-26,30,32,43H,3-10,15-16,21-22,27-29,31,33-42,46H2,1-2H3,(H,49,50). The minimum Gasteiger partial charge on any atom is -0.462 e. The lowest BCUT2D eigenvalue weighted by atomic mass is 10.1. The maximum Gasteiger partial charge on any atom is 0.472 e. The Morgan fingerprint density at radius 3 is 1.44 bits per heavy atom. The normalized spacial score (nSPS) is 14.2. The van der Waals surface area contributed by atoms with Crippen molar-refractivity contribution in [2.24, 2.45) is 5.73 Å². The van der Waals surface area contributed by atoms with Crippen molar-refractivity contribution in [2.75, 3.05) is 26.4 Å². The first-order valence-electron chi connectivity index (χ1n) is 21.1. The third-order valence-electron chi connectivity index (χ3n) is 8.25. The molecule has 0 fully saturated rings. The lowest BCUT2D eigenvalue weighted by Gasteiger charge is -2.19. The molecule has 0 radical (unpaired) electrons. The Hall–Kier alpha value is -2.81. The van der Waals surface area contributed by atoms with Gasteiger partial charge in [-0.2, -0.15) is 0 Å². The van der Waals surface area contributed by atoms with Crippen LogP contribution in [0.3, 0.4) is 0 Å². The maximum absolute atomic E-state index is 12.5. The average molecular weight is 790 g/mol. The number of nitrogens with two attached hydrogens (primary N) is 1. The molecule has 9 nitrogen and oxygen atoms in total. The number of phosphoric ester groups is 1. The number of hydrogen-bond donors (Lipinski definition) is 2. The molecule has 0 aliphatic heterocycles. The third-order valence-corrected chi connectivity index (χ3v) is 9.24. The smallest absolute Gasteiger partial charge is 0.462 e. The summed E-state index contributed by atoms with van der Waals surface area (Å²) >= 11 is 0. The number of rotatable bonds is 38. The Kier molecular flexibility index (Phi) is 38.8. The number of carbonyl (C=O) groups excluding carboxylic acids is 2. The summed E-state index contributed by atoms with van der Waals surface area (Å²) in [6.07, 6.45) is 50.4. The lowest BCUT2D eigenvalue weighted by Crippen LogP contribution is -2.29. The van der Waals surface area contributed by atoms with Gasteiger partial charge in [-0.3, -0.25) is 18.6 Å². The highest BCUT2D eigenvalue weighted by molar-refractivity contribution is 7.47. The number of carbonyl (C=O) groups is 2. The Balaban J connectivity index is 4.34. The van der Waals surface area contributed by atoms with Crippen LogP contribution in [-0.4, -0.2) is 49.3 Å². The molecule has 0 aliphatic carbocycles. The van der Waals surface area contributed by atoms with E-state index in [-0.39, 0.29) is 32.6 Å². The molecule has 2 atom stereocenters. The van der Waals surface area contributed by atoms with Crippen LogP contribution in [0.15, 0.2) is 85.1 Å². The third kappa shape index (κ3) is 40.7. The van der Waals surface area contributed by atoms with E-state index in [0.717, 1.165) is 57.8 Å². The van der Waals surface area contributed by atoms with Crippen molar-refractivity contribution in [2.45, 2.75) is 161 Å². The Bertz CT molecular complexity index is 1170. The van der Waals surface area contributed by atoms with E-state index in [9.17, 15) is 19.0 Å². The van der Waals surface area contributed by atoms with Gasteiger partial charge in [0, 0.05) is 19.4 Å². The van der Waals surface area contributed by atoms with Gasteiger partial charge in [0.25, 0.3) is 0 Å². The van der Waals surface area contributed by atoms with E-state index in [1.165, 1.54) is 51.4 Å². The largest absolute Gasteiger partial charge is 0.472 e. The molecule has 0 bridgehead atoms. The van der Waals surface area contributed by atoms with Crippen LogP contribution in [-0.2, 0) is 32.7 Å². The SMILES string of the molecule is CCCCCC=CCC=CCC=CCC=CCCCC(=O)OC(COC(=O)CCCCCCC=CCC=CCC=CCCCCC)COP(=O)(O)OCCN. The minimum atomic E-state index is -4.40. The molecule has 0 rings (SSSR count). The number of esters is 2. The second kappa shape index (κ2) is 40.8. The van der Waals surface area contributed by atoms with Gasteiger partial charge in [-0.15, -0.1) is 0 Å². The molecule has 0 aliphatic rings. The minimum absolute atomic E-state index is 0.0370. The van der Waals surface area contributed by atoms with Gasteiger partial charge >= 0.3 is 19.8 Å². The van der Waals surface area contributed by atoms with E-state index in [0.29, 0.717) is 19.3 Å². The first kappa shape index (κ1) is 52.2. The molecule has 3 N–H and O–H groups in total. The predicted octanol–water partition coefficient (Wildman–Crippen LogP) is 12.0. The molecule has 0 heterocycles. The molecule has 0 aromatic rings. The van der Waals surface area contributed by atoms with Crippen LogP contribution >= 0.6 is 7.82 Å². The van der Waals surface area contributed by atoms with Crippen LogP contribution < -0.4 is 5.73 Å². The molecule has 0 aromatic heterocycles. The van der Waals surface area contributed by atoms with Gasteiger partial charge in [0.15, 0.2) is 6.10 Å². The molecular weight excluding hydrogens is 713 g/mol. The van der Waals surface area contributed by atoms with E-state index >= 15 is 0 Å².